The van der Waals surface area contributed by atoms with Gasteiger partial charge in [0.1, 0.15) is 10.8 Å². The molecule has 1 aromatic heterocycles. The lowest BCUT2D eigenvalue weighted by atomic mass is 10.1. The van der Waals surface area contributed by atoms with E-state index in [1.54, 1.807) is 12.1 Å². The number of phenols is 1. The first-order chi connectivity index (χ1) is 13.5. The monoisotopic (exact) mass is 390 g/mol. The van der Waals surface area contributed by atoms with E-state index < -0.39 is 16.4 Å². The number of benzene rings is 3. The van der Waals surface area contributed by atoms with Crippen LogP contribution in [0.2, 0.25) is 0 Å². The molecule has 4 rings (SSSR count). The standard InChI is InChI=1S/C20H13N3O4S/c24-17-9-8-13(21-11-12-4-3-6-16(19(12)25)23(26)27)10-14(17)20-22-15-5-1-2-7-18(15)28-20/h1-11,24-25H/p-1. The summed E-state index contributed by atoms with van der Waals surface area (Å²) in [5.74, 6) is -0.626. The number of hydrogen-bond donors (Lipinski definition) is 1. The molecule has 28 heavy (non-hydrogen) atoms. The molecule has 0 unspecified atom stereocenters. The van der Waals surface area contributed by atoms with Gasteiger partial charge >= 0.3 is 0 Å². The van der Waals surface area contributed by atoms with Gasteiger partial charge in [0, 0.05) is 12.3 Å². The van der Waals surface area contributed by atoms with Crippen LogP contribution in [0.1, 0.15) is 5.56 Å². The predicted octanol–water partition coefficient (Wildman–Crippen LogP) is 4.40. The van der Waals surface area contributed by atoms with Crippen molar-refractivity contribution >= 4 is 39.1 Å². The molecule has 0 saturated carbocycles. The number of fused-ring (bicyclic) bond motifs is 1. The van der Waals surface area contributed by atoms with Gasteiger partial charge in [-0.2, -0.15) is 0 Å². The van der Waals surface area contributed by atoms with Gasteiger partial charge in [-0.3, -0.25) is 15.1 Å². The number of hydrogen-bond acceptors (Lipinski definition) is 7. The number of aromatic nitrogens is 1. The molecule has 0 amide bonds. The van der Waals surface area contributed by atoms with Crippen molar-refractivity contribution in [1.29, 1.82) is 0 Å². The van der Waals surface area contributed by atoms with Crippen molar-refractivity contribution in [1.82, 2.24) is 4.98 Å². The van der Waals surface area contributed by atoms with Gasteiger partial charge in [-0.25, -0.2) is 4.98 Å². The molecule has 0 aliphatic carbocycles. The molecule has 0 saturated heterocycles. The van der Waals surface area contributed by atoms with Gasteiger partial charge in [0.15, 0.2) is 0 Å². The van der Waals surface area contributed by atoms with Crippen LogP contribution in [0, 0.1) is 10.1 Å². The lowest BCUT2D eigenvalue weighted by molar-refractivity contribution is -0.398. The second-order valence-electron chi connectivity index (χ2n) is 5.90. The number of nitro benzene ring substituents is 1. The quantitative estimate of drug-likeness (QED) is 0.315. The maximum atomic E-state index is 12.1. The maximum absolute atomic E-state index is 12.1. The Morgan fingerprint density at radius 3 is 2.71 bits per heavy atom. The average molecular weight is 390 g/mol. The lowest BCUT2D eigenvalue weighted by Gasteiger charge is -2.09. The number of thiazole rings is 1. The Labute approximate surface area is 163 Å². The van der Waals surface area contributed by atoms with E-state index in [0.717, 1.165) is 16.3 Å². The Balaban J connectivity index is 1.71. The minimum Gasteiger partial charge on any atom is -0.867 e. The molecular weight excluding hydrogens is 378 g/mol. The molecule has 0 spiro atoms. The first-order valence-corrected chi connectivity index (χ1v) is 9.02. The van der Waals surface area contributed by atoms with E-state index in [1.807, 2.05) is 24.3 Å². The van der Waals surface area contributed by atoms with Gasteiger partial charge in [-0.1, -0.05) is 24.3 Å². The fourth-order valence-electron chi connectivity index (χ4n) is 2.69. The minimum absolute atomic E-state index is 0.0675. The highest BCUT2D eigenvalue weighted by atomic mass is 32.1. The zero-order chi connectivity index (χ0) is 19.7. The van der Waals surface area contributed by atoms with Crippen LogP contribution in [-0.4, -0.2) is 21.2 Å². The number of phenolic OH excluding ortho intramolecular Hbond substituents is 1. The molecule has 1 N–H and O–H groups in total. The topological polar surface area (TPSA) is 112 Å². The smallest absolute Gasteiger partial charge is 0.262 e. The third-order valence-electron chi connectivity index (χ3n) is 4.08. The van der Waals surface area contributed by atoms with Gasteiger partial charge in [0.2, 0.25) is 0 Å². The Morgan fingerprint density at radius 2 is 1.93 bits per heavy atom. The van der Waals surface area contributed by atoms with E-state index in [0.29, 0.717) is 16.3 Å². The average Bonchev–Trinajstić information content (AvgIpc) is 3.12. The van der Waals surface area contributed by atoms with Crippen molar-refractivity contribution in [2.24, 2.45) is 4.99 Å². The third kappa shape index (κ3) is 3.28. The number of aromatic hydroxyl groups is 1. The molecule has 8 heteroatoms. The van der Waals surface area contributed by atoms with Gasteiger partial charge < -0.3 is 10.2 Å². The van der Waals surface area contributed by atoms with Crippen LogP contribution in [0.4, 0.5) is 11.4 Å². The van der Waals surface area contributed by atoms with Crippen molar-refractivity contribution in [3.63, 3.8) is 0 Å². The Kier molecular flexibility index (Phi) is 4.46. The Hall–Kier alpha value is -3.78. The zero-order valence-corrected chi connectivity index (χ0v) is 15.1. The van der Waals surface area contributed by atoms with Gasteiger partial charge in [0.25, 0.3) is 5.69 Å². The molecule has 0 fully saturated rings. The second kappa shape index (κ2) is 7.09. The number of aliphatic imine (C=N–C) groups is 1. The maximum Gasteiger partial charge on any atom is 0.262 e. The SMILES string of the molecule is O=[N+]([O-])c1cccc(C=Nc2ccc(O)c(-c3nc4ccccc4s3)c2)c1[O-]. The van der Waals surface area contributed by atoms with Crippen molar-refractivity contribution < 1.29 is 15.1 Å². The fraction of sp³-hybridized carbons (Fsp3) is 0. The normalized spacial score (nSPS) is 11.3. The Bertz CT molecular complexity index is 1200. The van der Waals surface area contributed by atoms with Crippen LogP contribution in [0.3, 0.4) is 0 Å². The molecule has 0 bridgehead atoms. The summed E-state index contributed by atoms with van der Waals surface area (Å²) in [6.07, 6.45) is 1.28. The summed E-state index contributed by atoms with van der Waals surface area (Å²) < 4.78 is 0.999. The molecular formula is C20H12N3O4S-. The number of para-hydroxylation sites is 2. The summed E-state index contributed by atoms with van der Waals surface area (Å²) in [7, 11) is 0. The molecule has 1 heterocycles. The number of nitro groups is 1. The van der Waals surface area contributed by atoms with Crippen LogP contribution in [-0.2, 0) is 0 Å². The highest BCUT2D eigenvalue weighted by molar-refractivity contribution is 7.21. The van der Waals surface area contributed by atoms with Gasteiger partial charge in [-0.05, 0) is 41.6 Å². The number of nitrogens with zero attached hydrogens (tertiary/aromatic N) is 3. The van der Waals surface area contributed by atoms with E-state index in [1.165, 1.54) is 35.8 Å². The Morgan fingerprint density at radius 1 is 1.11 bits per heavy atom. The molecule has 0 radical (unpaired) electrons. The van der Waals surface area contributed by atoms with Crippen LogP contribution >= 0.6 is 11.3 Å². The summed E-state index contributed by atoms with van der Waals surface area (Å²) in [5, 5.41) is 33.9. The number of rotatable bonds is 4. The highest BCUT2D eigenvalue weighted by Crippen LogP contribution is 2.37. The van der Waals surface area contributed by atoms with Crippen molar-refractivity contribution in [3.05, 3.63) is 76.3 Å². The molecule has 4 aromatic rings. The summed E-state index contributed by atoms with van der Waals surface area (Å²) in [5.41, 5.74) is 1.47. The molecule has 0 aliphatic heterocycles. The van der Waals surface area contributed by atoms with Crippen LogP contribution < -0.4 is 5.11 Å². The van der Waals surface area contributed by atoms with Crippen molar-refractivity contribution in [2.45, 2.75) is 0 Å². The van der Waals surface area contributed by atoms with Crippen molar-refractivity contribution in [2.75, 3.05) is 0 Å². The van der Waals surface area contributed by atoms with E-state index in [4.69, 9.17) is 0 Å². The first-order valence-electron chi connectivity index (χ1n) is 8.20. The third-order valence-corrected chi connectivity index (χ3v) is 5.15. The first kappa shape index (κ1) is 17.6. The van der Waals surface area contributed by atoms with Crippen LogP contribution in [0.15, 0.2) is 65.7 Å². The van der Waals surface area contributed by atoms with E-state index >= 15 is 0 Å². The fourth-order valence-corrected chi connectivity index (χ4v) is 3.69. The second-order valence-corrected chi connectivity index (χ2v) is 6.93. The molecule has 138 valence electrons. The summed E-state index contributed by atoms with van der Waals surface area (Å²) >= 11 is 1.45. The highest BCUT2D eigenvalue weighted by Gasteiger charge is 2.11. The molecule has 7 nitrogen and oxygen atoms in total. The van der Waals surface area contributed by atoms with E-state index in [2.05, 4.69) is 9.98 Å². The minimum atomic E-state index is -0.717. The van der Waals surface area contributed by atoms with Gasteiger partial charge in [0.05, 0.1) is 26.4 Å². The van der Waals surface area contributed by atoms with Gasteiger partial charge in [-0.15, -0.1) is 11.3 Å². The van der Waals surface area contributed by atoms with Crippen molar-refractivity contribution in [3.8, 4) is 22.1 Å². The summed E-state index contributed by atoms with van der Waals surface area (Å²) in [6.45, 7) is 0. The molecule has 0 aliphatic rings. The largest absolute Gasteiger partial charge is 0.867 e. The predicted molar refractivity (Wildman–Crippen MR) is 107 cm³/mol. The van der Waals surface area contributed by atoms with Crippen LogP contribution in [0.5, 0.6) is 11.5 Å². The van der Waals surface area contributed by atoms with E-state index in [9.17, 15) is 20.3 Å². The summed E-state index contributed by atoms with van der Waals surface area (Å²) in [4.78, 5) is 18.9. The summed E-state index contributed by atoms with van der Waals surface area (Å²) in [6, 6.07) is 16.5. The molecule has 3 aromatic carbocycles. The van der Waals surface area contributed by atoms with Crippen LogP contribution in [0.25, 0.3) is 20.8 Å². The molecule has 0 atom stereocenters. The lowest BCUT2D eigenvalue weighted by Crippen LogP contribution is -2.01. The van der Waals surface area contributed by atoms with E-state index in [-0.39, 0.29) is 11.3 Å². The zero-order valence-electron chi connectivity index (χ0n) is 14.3.